The molecule has 2 fully saturated rings. The van der Waals surface area contributed by atoms with Crippen LogP contribution < -0.4 is 10.6 Å². The average molecular weight is 371 g/mol. The minimum atomic E-state index is -0.0380. The van der Waals surface area contributed by atoms with Gasteiger partial charge in [0.05, 0.1) is 0 Å². The Morgan fingerprint density at radius 1 is 1.15 bits per heavy atom. The van der Waals surface area contributed by atoms with E-state index in [4.69, 9.17) is 4.99 Å². The molecule has 0 radical (unpaired) electrons. The van der Waals surface area contributed by atoms with Crippen LogP contribution in [0.25, 0.3) is 0 Å². The summed E-state index contributed by atoms with van der Waals surface area (Å²) in [7, 11) is 0. The Morgan fingerprint density at radius 3 is 2.56 bits per heavy atom. The van der Waals surface area contributed by atoms with E-state index in [1.807, 2.05) is 12.1 Å². The molecule has 1 saturated carbocycles. The Morgan fingerprint density at radius 2 is 1.89 bits per heavy atom. The molecule has 0 atom stereocenters. The van der Waals surface area contributed by atoms with Gasteiger partial charge in [-0.25, -0.2) is 0 Å². The fourth-order valence-corrected chi connectivity index (χ4v) is 4.50. The van der Waals surface area contributed by atoms with Crippen molar-refractivity contribution in [3.8, 4) is 0 Å². The first-order valence-electron chi connectivity index (χ1n) is 10.5. The van der Waals surface area contributed by atoms with Gasteiger partial charge in [0.1, 0.15) is 0 Å². The number of carbonyl (C=O) groups is 1. The molecule has 148 valence electrons. The summed E-state index contributed by atoms with van der Waals surface area (Å²) >= 11 is 0. The molecule has 2 aliphatic rings. The Kier molecular flexibility index (Phi) is 6.75. The number of likely N-dealkylation sites (tertiary alicyclic amines) is 1. The van der Waals surface area contributed by atoms with E-state index in [-0.39, 0.29) is 5.91 Å². The van der Waals surface area contributed by atoms with Gasteiger partial charge in [0, 0.05) is 38.8 Å². The Labute approximate surface area is 163 Å². The smallest absolute Gasteiger partial charge is 0.221 e. The molecule has 3 rings (SSSR count). The highest BCUT2D eigenvalue weighted by Gasteiger charge is 2.39. The van der Waals surface area contributed by atoms with Crippen LogP contribution in [0, 0.1) is 5.41 Å². The topological polar surface area (TPSA) is 56.7 Å². The van der Waals surface area contributed by atoms with Gasteiger partial charge in [-0.1, -0.05) is 31.4 Å². The minimum Gasteiger partial charge on any atom is -0.357 e. The van der Waals surface area contributed by atoms with Crippen molar-refractivity contribution in [3.05, 3.63) is 29.8 Å². The van der Waals surface area contributed by atoms with Crippen LogP contribution in [0.3, 0.4) is 0 Å². The molecule has 27 heavy (non-hydrogen) atoms. The van der Waals surface area contributed by atoms with E-state index in [1.54, 1.807) is 0 Å². The largest absolute Gasteiger partial charge is 0.357 e. The van der Waals surface area contributed by atoms with Crippen molar-refractivity contribution < 1.29 is 4.79 Å². The number of hydrogen-bond donors (Lipinski definition) is 2. The molecule has 0 aromatic heterocycles. The van der Waals surface area contributed by atoms with Crippen molar-refractivity contribution in [3.63, 3.8) is 0 Å². The van der Waals surface area contributed by atoms with Crippen molar-refractivity contribution >= 4 is 17.6 Å². The molecule has 1 heterocycles. The number of anilines is 1. The molecule has 1 aliphatic heterocycles. The van der Waals surface area contributed by atoms with Crippen LogP contribution >= 0.6 is 0 Å². The van der Waals surface area contributed by atoms with Gasteiger partial charge < -0.3 is 15.5 Å². The molecule has 5 heteroatoms. The highest BCUT2D eigenvalue weighted by atomic mass is 16.1. The zero-order valence-electron chi connectivity index (χ0n) is 16.9. The average Bonchev–Trinajstić information content (AvgIpc) is 3.06. The summed E-state index contributed by atoms with van der Waals surface area (Å²) < 4.78 is 0. The molecule has 0 unspecified atom stereocenters. The second-order valence-electron chi connectivity index (χ2n) is 8.10. The maximum absolute atomic E-state index is 11.1. The number of amides is 1. The lowest BCUT2D eigenvalue weighted by molar-refractivity contribution is -0.114. The van der Waals surface area contributed by atoms with E-state index in [2.05, 4.69) is 34.6 Å². The number of nitrogens with zero attached hydrogens (tertiary/aromatic N) is 2. The molecule has 1 aromatic rings. The van der Waals surface area contributed by atoms with Crippen molar-refractivity contribution in [2.75, 3.05) is 31.5 Å². The molecule has 2 N–H and O–H groups in total. The first-order chi connectivity index (χ1) is 13.1. The number of benzene rings is 1. The van der Waals surface area contributed by atoms with Gasteiger partial charge in [-0.15, -0.1) is 0 Å². The summed E-state index contributed by atoms with van der Waals surface area (Å²) in [5.41, 5.74) is 2.64. The van der Waals surface area contributed by atoms with E-state index >= 15 is 0 Å². The summed E-state index contributed by atoms with van der Waals surface area (Å²) in [6, 6.07) is 8.05. The van der Waals surface area contributed by atoms with Gasteiger partial charge in [0.15, 0.2) is 5.96 Å². The fourth-order valence-electron chi connectivity index (χ4n) is 4.50. The van der Waals surface area contributed by atoms with Gasteiger partial charge >= 0.3 is 0 Å². The van der Waals surface area contributed by atoms with Crippen LogP contribution in [-0.4, -0.2) is 42.9 Å². The molecule has 1 amide bonds. The lowest BCUT2D eigenvalue weighted by Gasteiger charge is -2.33. The maximum Gasteiger partial charge on any atom is 0.221 e. The Balaban J connectivity index is 1.55. The predicted octanol–water partition coefficient (Wildman–Crippen LogP) is 3.81. The highest BCUT2D eigenvalue weighted by molar-refractivity contribution is 5.88. The van der Waals surface area contributed by atoms with Crippen molar-refractivity contribution in [2.45, 2.75) is 58.8 Å². The van der Waals surface area contributed by atoms with E-state index < -0.39 is 0 Å². The van der Waals surface area contributed by atoms with Gasteiger partial charge in [-0.2, -0.15) is 0 Å². The maximum atomic E-state index is 11.1. The lowest BCUT2D eigenvalue weighted by Crippen LogP contribution is -2.41. The minimum absolute atomic E-state index is 0.0380. The van der Waals surface area contributed by atoms with E-state index in [0.29, 0.717) is 5.41 Å². The number of carbonyl (C=O) groups excluding carboxylic acids is 1. The van der Waals surface area contributed by atoms with Gasteiger partial charge in [-0.05, 0) is 55.7 Å². The second kappa shape index (κ2) is 9.25. The van der Waals surface area contributed by atoms with Crippen LogP contribution in [0.2, 0.25) is 0 Å². The Bertz CT molecular complexity index is 647. The summed E-state index contributed by atoms with van der Waals surface area (Å²) in [5.74, 6) is 1.04. The third-order valence-electron chi connectivity index (χ3n) is 5.92. The Hall–Kier alpha value is -2.04. The second-order valence-corrected chi connectivity index (χ2v) is 8.10. The van der Waals surface area contributed by atoms with Crippen LogP contribution in [0.5, 0.6) is 0 Å². The SMILES string of the molecule is CCNC(=NCCc1ccc(NC(C)=O)cc1)N1CCC2(CCCCC2)C1. The van der Waals surface area contributed by atoms with Crippen LogP contribution in [0.15, 0.2) is 29.3 Å². The third kappa shape index (κ3) is 5.47. The molecule has 0 bridgehead atoms. The first kappa shape index (κ1) is 19.7. The summed E-state index contributed by atoms with van der Waals surface area (Å²) in [5, 5.41) is 6.30. The number of hydrogen-bond acceptors (Lipinski definition) is 2. The van der Waals surface area contributed by atoms with Crippen LogP contribution in [0.1, 0.15) is 57.9 Å². The highest BCUT2D eigenvalue weighted by Crippen LogP contribution is 2.43. The van der Waals surface area contributed by atoms with E-state index in [0.717, 1.165) is 37.7 Å². The summed E-state index contributed by atoms with van der Waals surface area (Å²) in [6.07, 6.45) is 9.23. The zero-order chi connectivity index (χ0) is 19.1. The number of guanidine groups is 1. The molecular weight excluding hydrogens is 336 g/mol. The quantitative estimate of drug-likeness (QED) is 0.612. The molecule has 1 aromatic carbocycles. The summed E-state index contributed by atoms with van der Waals surface area (Å²) in [6.45, 7) is 7.67. The first-order valence-corrected chi connectivity index (χ1v) is 10.5. The van der Waals surface area contributed by atoms with Gasteiger partial charge in [0.2, 0.25) is 5.91 Å². The van der Waals surface area contributed by atoms with E-state index in [1.165, 1.54) is 57.6 Å². The normalized spacial score (nSPS) is 19.3. The number of nitrogens with one attached hydrogen (secondary N) is 2. The van der Waals surface area contributed by atoms with Crippen LogP contribution in [-0.2, 0) is 11.2 Å². The monoisotopic (exact) mass is 370 g/mol. The van der Waals surface area contributed by atoms with Crippen molar-refractivity contribution in [1.82, 2.24) is 10.2 Å². The summed E-state index contributed by atoms with van der Waals surface area (Å²) in [4.78, 5) is 18.5. The van der Waals surface area contributed by atoms with Crippen molar-refractivity contribution in [1.29, 1.82) is 0 Å². The molecule has 1 saturated heterocycles. The third-order valence-corrected chi connectivity index (χ3v) is 5.92. The molecule has 1 aliphatic carbocycles. The lowest BCUT2D eigenvalue weighted by atomic mass is 9.73. The van der Waals surface area contributed by atoms with Crippen molar-refractivity contribution in [2.24, 2.45) is 10.4 Å². The molecule has 1 spiro atoms. The number of aliphatic imine (C=N–C) groups is 1. The zero-order valence-corrected chi connectivity index (χ0v) is 16.9. The van der Waals surface area contributed by atoms with Gasteiger partial charge in [-0.3, -0.25) is 9.79 Å². The predicted molar refractivity (Wildman–Crippen MR) is 112 cm³/mol. The van der Waals surface area contributed by atoms with E-state index in [9.17, 15) is 4.79 Å². The standard InChI is InChI=1S/C22H34N4O/c1-3-23-21(26-16-14-22(17-26)12-5-4-6-13-22)24-15-11-19-7-9-20(10-8-19)25-18(2)27/h7-10H,3-6,11-17H2,1-2H3,(H,23,24)(H,25,27). The van der Waals surface area contributed by atoms with Gasteiger partial charge in [0.25, 0.3) is 0 Å². The van der Waals surface area contributed by atoms with Crippen LogP contribution in [0.4, 0.5) is 5.69 Å². The molecular formula is C22H34N4O. The fraction of sp³-hybridized carbons (Fsp3) is 0.636. The molecule has 5 nitrogen and oxygen atoms in total. The number of rotatable bonds is 5.